The van der Waals surface area contributed by atoms with E-state index in [0.717, 1.165) is 17.5 Å². The van der Waals surface area contributed by atoms with Crippen molar-refractivity contribution in [3.63, 3.8) is 0 Å². The fourth-order valence-electron chi connectivity index (χ4n) is 2.76. The molecule has 0 bridgehead atoms. The molecule has 0 radical (unpaired) electrons. The standard InChI is InChI=1S/C19H20N2O3/c1-3-13-5-4-6-15-17(21-16(22)11-24-18(13)15)19(23)20-14-9-7-12(2)8-10-14/h4-10,17H,3,11H2,1-2H3,(H,20,23)(H,21,22). The summed E-state index contributed by atoms with van der Waals surface area (Å²) in [4.78, 5) is 24.7. The van der Waals surface area contributed by atoms with Crippen LogP contribution in [0.1, 0.15) is 29.7 Å². The third-order valence-electron chi connectivity index (χ3n) is 4.05. The van der Waals surface area contributed by atoms with Crippen molar-refractivity contribution in [2.24, 2.45) is 0 Å². The monoisotopic (exact) mass is 324 g/mol. The van der Waals surface area contributed by atoms with E-state index in [0.29, 0.717) is 17.0 Å². The first-order valence-corrected chi connectivity index (χ1v) is 8.00. The van der Waals surface area contributed by atoms with E-state index in [9.17, 15) is 9.59 Å². The Kier molecular flexibility index (Phi) is 4.51. The zero-order chi connectivity index (χ0) is 17.1. The number of nitrogens with one attached hydrogen (secondary N) is 2. The zero-order valence-electron chi connectivity index (χ0n) is 13.8. The lowest BCUT2D eigenvalue weighted by Crippen LogP contribution is -2.37. The summed E-state index contributed by atoms with van der Waals surface area (Å²) in [6.07, 6.45) is 0.768. The maximum Gasteiger partial charge on any atom is 0.258 e. The Morgan fingerprint density at radius 1 is 1.25 bits per heavy atom. The molecule has 2 N–H and O–H groups in total. The van der Waals surface area contributed by atoms with Crippen LogP contribution in [-0.4, -0.2) is 18.4 Å². The van der Waals surface area contributed by atoms with E-state index < -0.39 is 6.04 Å². The average Bonchev–Trinajstić information content (AvgIpc) is 2.76. The van der Waals surface area contributed by atoms with Crippen LogP contribution in [0.25, 0.3) is 0 Å². The number of fused-ring (bicyclic) bond motifs is 1. The number of hydrogen-bond donors (Lipinski definition) is 2. The fourth-order valence-corrected chi connectivity index (χ4v) is 2.76. The van der Waals surface area contributed by atoms with Crippen molar-refractivity contribution in [2.45, 2.75) is 26.3 Å². The number of hydrogen-bond acceptors (Lipinski definition) is 3. The Bertz CT molecular complexity index is 769. The van der Waals surface area contributed by atoms with Gasteiger partial charge >= 0.3 is 0 Å². The minimum absolute atomic E-state index is 0.0850. The van der Waals surface area contributed by atoms with Gasteiger partial charge in [-0.25, -0.2) is 0 Å². The van der Waals surface area contributed by atoms with Gasteiger partial charge < -0.3 is 15.4 Å². The summed E-state index contributed by atoms with van der Waals surface area (Å²) in [5, 5.41) is 5.60. The molecule has 1 heterocycles. The highest BCUT2D eigenvalue weighted by Gasteiger charge is 2.30. The Hall–Kier alpha value is -2.82. The fraction of sp³-hybridized carbons (Fsp3) is 0.263. The summed E-state index contributed by atoms with van der Waals surface area (Å²) in [5.41, 5.74) is 3.47. The van der Waals surface area contributed by atoms with E-state index in [1.165, 1.54) is 0 Å². The van der Waals surface area contributed by atoms with E-state index in [4.69, 9.17) is 4.74 Å². The maximum absolute atomic E-state index is 12.7. The van der Waals surface area contributed by atoms with Crippen molar-refractivity contribution >= 4 is 17.5 Å². The van der Waals surface area contributed by atoms with Crippen LogP contribution in [0.15, 0.2) is 42.5 Å². The van der Waals surface area contributed by atoms with Gasteiger partial charge in [0.1, 0.15) is 11.8 Å². The van der Waals surface area contributed by atoms with Crippen LogP contribution in [0.5, 0.6) is 5.75 Å². The largest absolute Gasteiger partial charge is 0.483 e. The molecule has 1 unspecified atom stereocenters. The molecule has 1 atom stereocenters. The van der Waals surface area contributed by atoms with Crippen LogP contribution >= 0.6 is 0 Å². The van der Waals surface area contributed by atoms with Crippen molar-refractivity contribution in [3.05, 3.63) is 59.2 Å². The number of anilines is 1. The molecule has 2 amide bonds. The smallest absolute Gasteiger partial charge is 0.258 e. The number of rotatable bonds is 3. The van der Waals surface area contributed by atoms with Crippen molar-refractivity contribution < 1.29 is 14.3 Å². The first kappa shape index (κ1) is 16.1. The normalized spacial score (nSPS) is 16.4. The second-order valence-electron chi connectivity index (χ2n) is 5.83. The molecule has 0 saturated carbocycles. The van der Waals surface area contributed by atoms with Gasteiger partial charge in [0.15, 0.2) is 6.61 Å². The molecule has 1 aliphatic heterocycles. The van der Waals surface area contributed by atoms with E-state index in [1.807, 2.05) is 56.3 Å². The minimum atomic E-state index is -0.775. The van der Waals surface area contributed by atoms with Gasteiger partial charge in [-0.05, 0) is 31.0 Å². The number of carbonyl (C=O) groups excluding carboxylic acids is 2. The van der Waals surface area contributed by atoms with Crippen LogP contribution in [0.4, 0.5) is 5.69 Å². The molecular weight excluding hydrogens is 304 g/mol. The number of carbonyl (C=O) groups is 2. The van der Waals surface area contributed by atoms with Crippen molar-refractivity contribution in [3.8, 4) is 5.75 Å². The zero-order valence-corrected chi connectivity index (χ0v) is 13.8. The number of ether oxygens (including phenoxy) is 1. The Labute approximate surface area is 141 Å². The lowest BCUT2D eigenvalue weighted by Gasteiger charge is -2.18. The molecular formula is C19H20N2O3. The summed E-state index contributed by atoms with van der Waals surface area (Å²) in [6, 6.07) is 12.4. The Balaban J connectivity index is 1.92. The number of aryl methyl sites for hydroxylation is 2. The molecule has 5 nitrogen and oxygen atoms in total. The quantitative estimate of drug-likeness (QED) is 0.912. The van der Waals surface area contributed by atoms with E-state index >= 15 is 0 Å². The van der Waals surface area contributed by atoms with E-state index in [-0.39, 0.29) is 18.4 Å². The molecule has 124 valence electrons. The molecule has 1 aliphatic rings. The molecule has 5 heteroatoms. The van der Waals surface area contributed by atoms with Gasteiger partial charge in [-0.15, -0.1) is 0 Å². The van der Waals surface area contributed by atoms with Crippen LogP contribution in [-0.2, 0) is 16.0 Å². The Morgan fingerprint density at radius 2 is 2.00 bits per heavy atom. The van der Waals surface area contributed by atoms with E-state index in [2.05, 4.69) is 10.6 Å². The highest BCUT2D eigenvalue weighted by molar-refractivity contribution is 5.99. The van der Waals surface area contributed by atoms with Crippen molar-refractivity contribution in [1.29, 1.82) is 0 Å². The first-order valence-electron chi connectivity index (χ1n) is 8.00. The lowest BCUT2D eigenvalue weighted by molar-refractivity contribution is -0.127. The predicted octanol–water partition coefficient (Wildman–Crippen LogP) is 2.75. The highest BCUT2D eigenvalue weighted by Crippen LogP contribution is 2.32. The summed E-state index contributed by atoms with van der Waals surface area (Å²) >= 11 is 0. The van der Waals surface area contributed by atoms with Gasteiger partial charge in [0.25, 0.3) is 11.8 Å². The van der Waals surface area contributed by atoms with Gasteiger partial charge in [0.2, 0.25) is 0 Å². The third-order valence-corrected chi connectivity index (χ3v) is 4.05. The van der Waals surface area contributed by atoms with E-state index in [1.54, 1.807) is 0 Å². The lowest BCUT2D eigenvalue weighted by atomic mass is 10.00. The topological polar surface area (TPSA) is 67.4 Å². The summed E-state index contributed by atoms with van der Waals surface area (Å²) in [7, 11) is 0. The number of amides is 2. The van der Waals surface area contributed by atoms with Crippen LogP contribution in [0, 0.1) is 6.92 Å². The second-order valence-corrected chi connectivity index (χ2v) is 5.83. The van der Waals surface area contributed by atoms with Crippen LogP contribution in [0.3, 0.4) is 0 Å². The van der Waals surface area contributed by atoms with Crippen LogP contribution in [0.2, 0.25) is 0 Å². The summed E-state index contributed by atoms with van der Waals surface area (Å²) in [6.45, 7) is 3.91. The molecule has 3 rings (SSSR count). The second kappa shape index (κ2) is 6.74. The average molecular weight is 324 g/mol. The van der Waals surface area contributed by atoms with Gasteiger partial charge in [-0.1, -0.05) is 42.8 Å². The molecule has 2 aromatic rings. The molecule has 0 spiro atoms. The molecule has 2 aromatic carbocycles. The maximum atomic E-state index is 12.7. The Morgan fingerprint density at radius 3 is 2.71 bits per heavy atom. The molecule has 0 aromatic heterocycles. The number of para-hydroxylation sites is 1. The summed E-state index contributed by atoms with van der Waals surface area (Å²) < 4.78 is 5.64. The third kappa shape index (κ3) is 3.25. The van der Waals surface area contributed by atoms with Gasteiger partial charge in [0, 0.05) is 11.3 Å². The van der Waals surface area contributed by atoms with Crippen molar-refractivity contribution in [2.75, 3.05) is 11.9 Å². The van der Waals surface area contributed by atoms with Gasteiger partial charge in [0.05, 0.1) is 0 Å². The van der Waals surface area contributed by atoms with Gasteiger partial charge in [-0.3, -0.25) is 9.59 Å². The molecule has 0 fully saturated rings. The molecule has 0 aliphatic carbocycles. The SMILES string of the molecule is CCc1cccc2c1OCC(=O)NC2C(=O)Nc1ccc(C)cc1. The number of benzene rings is 2. The van der Waals surface area contributed by atoms with Gasteiger partial charge in [-0.2, -0.15) is 0 Å². The predicted molar refractivity (Wildman–Crippen MR) is 92.0 cm³/mol. The van der Waals surface area contributed by atoms with Crippen molar-refractivity contribution in [1.82, 2.24) is 5.32 Å². The van der Waals surface area contributed by atoms with Crippen LogP contribution < -0.4 is 15.4 Å². The first-order chi connectivity index (χ1) is 11.6. The highest BCUT2D eigenvalue weighted by atomic mass is 16.5. The summed E-state index contributed by atoms with van der Waals surface area (Å²) in [5.74, 6) is 0.0342. The minimum Gasteiger partial charge on any atom is -0.483 e. The molecule has 0 saturated heterocycles. The molecule has 24 heavy (non-hydrogen) atoms.